The van der Waals surface area contributed by atoms with Crippen molar-refractivity contribution in [1.29, 1.82) is 5.26 Å². The normalized spacial score (nSPS) is 11.8. The van der Waals surface area contributed by atoms with Crippen LogP contribution in [-0.2, 0) is 0 Å². The summed E-state index contributed by atoms with van der Waals surface area (Å²) in [6.45, 7) is 0. The van der Waals surface area contributed by atoms with E-state index in [2.05, 4.69) is 36.8 Å². The van der Waals surface area contributed by atoms with E-state index in [0.717, 1.165) is 7.57 Å². The SMILES string of the molecule is N#CC(C(=O)c1cc(Br)sc1Br)c1ccccn1. The minimum absolute atomic E-state index is 0.245. The Morgan fingerprint density at radius 2 is 2.22 bits per heavy atom. The Morgan fingerprint density at radius 3 is 2.72 bits per heavy atom. The zero-order valence-electron chi connectivity index (χ0n) is 8.93. The highest BCUT2D eigenvalue weighted by Crippen LogP contribution is 2.34. The van der Waals surface area contributed by atoms with Crippen molar-refractivity contribution in [2.75, 3.05) is 0 Å². The lowest BCUT2D eigenvalue weighted by Gasteiger charge is -2.06. The summed E-state index contributed by atoms with van der Waals surface area (Å²) in [5.74, 6) is -1.12. The van der Waals surface area contributed by atoms with Crippen LogP contribution in [0.15, 0.2) is 38.0 Å². The van der Waals surface area contributed by atoms with Crippen molar-refractivity contribution < 1.29 is 4.79 Å². The smallest absolute Gasteiger partial charge is 0.188 e. The first-order valence-electron chi connectivity index (χ1n) is 4.93. The van der Waals surface area contributed by atoms with E-state index >= 15 is 0 Å². The predicted octanol–water partition coefficient (Wildman–Crippen LogP) is 4.16. The third kappa shape index (κ3) is 2.69. The molecule has 0 radical (unpaired) electrons. The molecule has 0 aliphatic rings. The Hall–Kier alpha value is -1.03. The molecule has 2 rings (SSSR count). The minimum Gasteiger partial charge on any atom is -0.292 e. The van der Waals surface area contributed by atoms with Crippen LogP contribution in [0.2, 0.25) is 0 Å². The van der Waals surface area contributed by atoms with E-state index in [4.69, 9.17) is 0 Å². The third-order valence-electron chi connectivity index (χ3n) is 2.30. The highest BCUT2D eigenvalue weighted by atomic mass is 79.9. The van der Waals surface area contributed by atoms with Gasteiger partial charge in [0.05, 0.1) is 19.3 Å². The summed E-state index contributed by atoms with van der Waals surface area (Å²) in [5.41, 5.74) is 0.975. The van der Waals surface area contributed by atoms with Gasteiger partial charge in [0, 0.05) is 11.8 Å². The molecule has 0 saturated carbocycles. The van der Waals surface area contributed by atoms with E-state index < -0.39 is 5.92 Å². The van der Waals surface area contributed by atoms with Crippen molar-refractivity contribution >= 4 is 49.0 Å². The molecule has 2 aromatic rings. The number of rotatable bonds is 3. The van der Waals surface area contributed by atoms with Crippen molar-refractivity contribution in [3.8, 4) is 6.07 Å². The van der Waals surface area contributed by atoms with Crippen LogP contribution < -0.4 is 0 Å². The summed E-state index contributed by atoms with van der Waals surface area (Å²) in [4.78, 5) is 16.4. The molecule has 1 unspecified atom stereocenters. The molecule has 6 heteroatoms. The Kier molecular flexibility index (Phi) is 4.27. The lowest BCUT2D eigenvalue weighted by atomic mass is 9.97. The molecule has 18 heavy (non-hydrogen) atoms. The molecule has 0 spiro atoms. The molecule has 0 aromatic carbocycles. The Balaban J connectivity index is 2.39. The summed E-state index contributed by atoms with van der Waals surface area (Å²) >= 11 is 8.05. The number of hydrogen-bond acceptors (Lipinski definition) is 4. The van der Waals surface area contributed by atoms with Crippen molar-refractivity contribution in [2.45, 2.75) is 5.92 Å². The number of carbonyl (C=O) groups excluding carboxylic acids is 1. The quantitative estimate of drug-likeness (QED) is 0.745. The molecule has 0 fully saturated rings. The molecule has 1 atom stereocenters. The van der Waals surface area contributed by atoms with Crippen molar-refractivity contribution in [3.63, 3.8) is 0 Å². The van der Waals surface area contributed by atoms with E-state index in [1.807, 2.05) is 6.07 Å². The van der Waals surface area contributed by atoms with Crippen LogP contribution in [0.5, 0.6) is 0 Å². The van der Waals surface area contributed by atoms with E-state index in [1.165, 1.54) is 11.3 Å². The standard InChI is InChI=1S/C12H6Br2N2OS/c13-10-5-7(12(14)18-10)11(17)8(6-15)9-3-1-2-4-16-9/h1-5,8H. The predicted molar refractivity (Wildman–Crippen MR) is 76.6 cm³/mol. The van der Waals surface area contributed by atoms with Gasteiger partial charge in [0.2, 0.25) is 0 Å². The Labute approximate surface area is 125 Å². The maximum Gasteiger partial charge on any atom is 0.188 e. The van der Waals surface area contributed by atoms with E-state index in [-0.39, 0.29) is 5.78 Å². The highest BCUT2D eigenvalue weighted by molar-refractivity contribution is 9.12. The molecule has 90 valence electrons. The van der Waals surface area contributed by atoms with Gasteiger partial charge in [-0.3, -0.25) is 9.78 Å². The molecule has 0 bridgehead atoms. The van der Waals surface area contributed by atoms with E-state index in [0.29, 0.717) is 11.3 Å². The van der Waals surface area contributed by atoms with E-state index in [9.17, 15) is 10.1 Å². The number of nitrogens with zero attached hydrogens (tertiary/aromatic N) is 2. The molecule has 0 amide bonds. The molecule has 0 saturated heterocycles. The van der Waals surface area contributed by atoms with Gasteiger partial charge in [-0.1, -0.05) is 6.07 Å². The number of ketones is 1. The van der Waals surface area contributed by atoms with Crippen LogP contribution in [0.4, 0.5) is 0 Å². The second kappa shape index (κ2) is 5.74. The minimum atomic E-state index is -0.871. The van der Waals surface area contributed by atoms with Crippen LogP contribution >= 0.6 is 43.2 Å². The van der Waals surface area contributed by atoms with Gasteiger partial charge in [0.1, 0.15) is 0 Å². The van der Waals surface area contributed by atoms with Gasteiger partial charge in [-0.25, -0.2) is 0 Å². The maximum atomic E-state index is 12.3. The highest BCUT2D eigenvalue weighted by Gasteiger charge is 2.25. The molecule has 0 aliphatic carbocycles. The van der Waals surface area contributed by atoms with Crippen molar-refractivity contribution in [3.05, 3.63) is 49.3 Å². The van der Waals surface area contributed by atoms with Crippen LogP contribution in [0.25, 0.3) is 0 Å². The van der Waals surface area contributed by atoms with Gasteiger partial charge in [-0.15, -0.1) is 11.3 Å². The van der Waals surface area contributed by atoms with Gasteiger partial charge < -0.3 is 0 Å². The summed E-state index contributed by atoms with van der Waals surface area (Å²) in [5, 5.41) is 9.17. The fourth-order valence-electron chi connectivity index (χ4n) is 1.47. The molecular formula is C12H6Br2N2OS. The molecule has 2 heterocycles. The summed E-state index contributed by atoms with van der Waals surface area (Å²) < 4.78 is 1.56. The van der Waals surface area contributed by atoms with Gasteiger partial charge in [-0.05, 0) is 50.1 Å². The van der Waals surface area contributed by atoms with Gasteiger partial charge in [-0.2, -0.15) is 5.26 Å². The second-order valence-electron chi connectivity index (χ2n) is 3.42. The number of aromatic nitrogens is 1. The number of carbonyl (C=O) groups is 1. The zero-order valence-corrected chi connectivity index (χ0v) is 12.9. The summed E-state index contributed by atoms with van der Waals surface area (Å²) in [6.07, 6.45) is 1.57. The zero-order chi connectivity index (χ0) is 13.1. The number of pyridine rings is 1. The second-order valence-corrected chi connectivity index (χ2v) is 7.17. The lowest BCUT2D eigenvalue weighted by Crippen LogP contribution is -2.12. The van der Waals surface area contributed by atoms with Crippen LogP contribution in [0, 0.1) is 11.3 Å². The van der Waals surface area contributed by atoms with Crippen molar-refractivity contribution in [2.24, 2.45) is 0 Å². The third-order valence-corrected chi connectivity index (χ3v) is 4.64. The van der Waals surface area contributed by atoms with Crippen LogP contribution in [-0.4, -0.2) is 10.8 Å². The largest absolute Gasteiger partial charge is 0.292 e. The van der Waals surface area contributed by atoms with Gasteiger partial charge >= 0.3 is 0 Å². The van der Waals surface area contributed by atoms with Crippen LogP contribution in [0.3, 0.4) is 0 Å². The first-order chi connectivity index (χ1) is 8.63. The fraction of sp³-hybridized carbons (Fsp3) is 0.0833. The molecule has 0 aliphatic heterocycles. The molecule has 3 nitrogen and oxygen atoms in total. The fourth-order valence-corrected chi connectivity index (χ4v) is 4.29. The van der Waals surface area contributed by atoms with Gasteiger partial charge in [0.25, 0.3) is 0 Å². The number of Topliss-reactive ketones (excluding diaryl/α,β-unsaturated/α-hetero) is 1. The Morgan fingerprint density at radius 1 is 1.44 bits per heavy atom. The average Bonchev–Trinajstić information content (AvgIpc) is 2.70. The topological polar surface area (TPSA) is 53.8 Å². The van der Waals surface area contributed by atoms with Crippen LogP contribution in [0.1, 0.15) is 22.0 Å². The number of halogens is 2. The molecular weight excluding hydrogens is 380 g/mol. The summed E-state index contributed by atoms with van der Waals surface area (Å²) in [7, 11) is 0. The summed E-state index contributed by atoms with van der Waals surface area (Å²) in [6, 6.07) is 8.92. The first-order valence-corrected chi connectivity index (χ1v) is 7.33. The number of nitriles is 1. The number of thiophene rings is 1. The molecule has 0 N–H and O–H groups in total. The van der Waals surface area contributed by atoms with Crippen molar-refractivity contribution in [1.82, 2.24) is 4.98 Å². The average molecular weight is 386 g/mol. The molecule has 2 aromatic heterocycles. The lowest BCUT2D eigenvalue weighted by molar-refractivity contribution is 0.0977. The maximum absolute atomic E-state index is 12.3. The Bertz CT molecular complexity index is 619. The van der Waals surface area contributed by atoms with Gasteiger partial charge in [0.15, 0.2) is 11.7 Å². The monoisotopic (exact) mass is 384 g/mol. The number of hydrogen-bond donors (Lipinski definition) is 0. The first kappa shape index (κ1) is 13.4. The van der Waals surface area contributed by atoms with E-state index in [1.54, 1.807) is 30.5 Å².